The highest BCUT2D eigenvalue weighted by Gasteiger charge is 2.26. The van der Waals surface area contributed by atoms with Crippen LogP contribution in [0, 0.1) is 5.92 Å². The van der Waals surface area contributed by atoms with Gasteiger partial charge < -0.3 is 10.2 Å². The van der Waals surface area contributed by atoms with E-state index in [-0.39, 0.29) is 0 Å². The summed E-state index contributed by atoms with van der Waals surface area (Å²) in [5.74, 6) is 1.35. The summed E-state index contributed by atoms with van der Waals surface area (Å²) in [5.41, 5.74) is 2.50. The molecule has 1 amide bonds. The van der Waals surface area contributed by atoms with Crippen molar-refractivity contribution in [1.29, 1.82) is 0 Å². The number of nitrogens with one attached hydrogen (secondary N) is 1. The normalized spacial score (nSPS) is 21.7. The Bertz CT molecular complexity index is 494. The van der Waals surface area contributed by atoms with Crippen molar-refractivity contribution in [3.8, 4) is 0 Å². The van der Waals surface area contributed by atoms with E-state index in [2.05, 4.69) is 23.5 Å². The van der Waals surface area contributed by atoms with Gasteiger partial charge in [-0.25, -0.2) is 0 Å². The van der Waals surface area contributed by atoms with E-state index < -0.39 is 0 Å². The van der Waals surface area contributed by atoms with E-state index >= 15 is 0 Å². The number of rotatable bonds is 4. The van der Waals surface area contributed by atoms with Crippen molar-refractivity contribution in [1.82, 2.24) is 4.90 Å². The van der Waals surface area contributed by atoms with Gasteiger partial charge in [-0.2, -0.15) is 0 Å². The molecule has 1 aliphatic carbocycles. The Labute approximate surface area is 127 Å². The highest BCUT2D eigenvalue weighted by molar-refractivity contribution is 5.78. The number of fused-ring (bicyclic) bond motifs is 1. The molecule has 1 fully saturated rings. The van der Waals surface area contributed by atoms with Gasteiger partial charge in [0.25, 0.3) is 0 Å². The molecular formula is C18H26N2O. The summed E-state index contributed by atoms with van der Waals surface area (Å²) >= 11 is 0. The van der Waals surface area contributed by atoms with E-state index in [0.717, 1.165) is 19.0 Å². The van der Waals surface area contributed by atoms with Gasteiger partial charge in [0, 0.05) is 38.2 Å². The van der Waals surface area contributed by atoms with E-state index in [1.54, 1.807) is 0 Å². The molecule has 1 saturated carbocycles. The fraction of sp³-hybridized carbons (Fsp3) is 0.611. The van der Waals surface area contributed by atoms with Gasteiger partial charge >= 0.3 is 0 Å². The van der Waals surface area contributed by atoms with Gasteiger partial charge in [-0.15, -0.1) is 0 Å². The summed E-state index contributed by atoms with van der Waals surface area (Å²) in [6.07, 6.45) is 7.28. The van der Waals surface area contributed by atoms with Crippen molar-refractivity contribution in [3.05, 3.63) is 29.8 Å². The molecule has 1 N–H and O–H groups in total. The number of amides is 1. The summed E-state index contributed by atoms with van der Waals surface area (Å²) in [5, 5.41) is 3.41. The quantitative estimate of drug-likeness (QED) is 0.916. The lowest BCUT2D eigenvalue weighted by Crippen LogP contribution is -2.33. The van der Waals surface area contributed by atoms with Gasteiger partial charge in [0.05, 0.1) is 0 Å². The van der Waals surface area contributed by atoms with Crippen LogP contribution in [-0.2, 0) is 4.79 Å². The van der Waals surface area contributed by atoms with E-state index in [9.17, 15) is 4.79 Å². The summed E-state index contributed by atoms with van der Waals surface area (Å²) in [7, 11) is 1.98. The third-order valence-electron chi connectivity index (χ3n) is 5.04. The molecular weight excluding hydrogens is 260 g/mol. The molecule has 2 aliphatic rings. The first-order chi connectivity index (χ1) is 10.2. The predicted octanol–water partition coefficient (Wildman–Crippen LogP) is 3.62. The molecule has 0 spiro atoms. The van der Waals surface area contributed by atoms with Crippen LogP contribution in [0.1, 0.15) is 50.0 Å². The van der Waals surface area contributed by atoms with Crippen LogP contribution < -0.4 is 5.32 Å². The average Bonchev–Trinajstić information content (AvgIpc) is 2.91. The van der Waals surface area contributed by atoms with Gasteiger partial charge in [0.15, 0.2) is 0 Å². The van der Waals surface area contributed by atoms with Crippen molar-refractivity contribution >= 4 is 11.6 Å². The molecule has 1 aliphatic heterocycles. The Morgan fingerprint density at radius 1 is 1.24 bits per heavy atom. The second-order valence-electron chi connectivity index (χ2n) is 6.65. The van der Waals surface area contributed by atoms with Gasteiger partial charge in [0.2, 0.25) is 5.91 Å². The molecule has 0 radical (unpaired) electrons. The number of nitrogens with zero attached hydrogens (tertiary/aromatic N) is 1. The lowest BCUT2D eigenvalue weighted by Gasteiger charge is -2.27. The number of para-hydroxylation sites is 1. The standard InChI is InChI=1S/C18H26N2O/c1-20(13-14-7-3-2-4-8-14)18(21)11-15-12-19-17-10-6-5-9-16(15)17/h5-6,9-10,14-15,19H,2-4,7-8,11-13H2,1H3. The van der Waals surface area contributed by atoms with Crippen LogP contribution in [-0.4, -0.2) is 30.9 Å². The average molecular weight is 286 g/mol. The molecule has 1 unspecified atom stereocenters. The Balaban J connectivity index is 1.54. The largest absolute Gasteiger partial charge is 0.384 e. The van der Waals surface area contributed by atoms with Gasteiger partial charge in [-0.1, -0.05) is 37.5 Å². The van der Waals surface area contributed by atoms with Crippen molar-refractivity contribution in [3.63, 3.8) is 0 Å². The van der Waals surface area contributed by atoms with Crippen LogP contribution in [0.25, 0.3) is 0 Å². The number of carbonyl (C=O) groups excluding carboxylic acids is 1. The zero-order chi connectivity index (χ0) is 14.7. The summed E-state index contributed by atoms with van der Waals surface area (Å²) < 4.78 is 0. The van der Waals surface area contributed by atoms with Crippen LogP contribution in [0.3, 0.4) is 0 Å². The summed E-state index contributed by atoms with van der Waals surface area (Å²) in [6.45, 7) is 1.84. The maximum atomic E-state index is 12.5. The molecule has 0 saturated heterocycles. The van der Waals surface area contributed by atoms with E-state index in [4.69, 9.17) is 0 Å². The minimum absolute atomic E-state index is 0.295. The predicted molar refractivity (Wildman–Crippen MR) is 86.5 cm³/mol. The minimum Gasteiger partial charge on any atom is -0.384 e. The summed E-state index contributed by atoms with van der Waals surface area (Å²) in [6, 6.07) is 8.36. The Kier molecular flexibility index (Phi) is 4.47. The molecule has 1 aromatic rings. The van der Waals surface area contributed by atoms with Crippen LogP contribution in [0.15, 0.2) is 24.3 Å². The highest BCUT2D eigenvalue weighted by atomic mass is 16.2. The molecule has 3 rings (SSSR count). The Morgan fingerprint density at radius 2 is 2.00 bits per heavy atom. The van der Waals surface area contributed by atoms with Crippen LogP contribution >= 0.6 is 0 Å². The van der Waals surface area contributed by atoms with Crippen molar-refractivity contribution in [2.45, 2.75) is 44.4 Å². The third kappa shape index (κ3) is 3.39. The number of hydrogen-bond acceptors (Lipinski definition) is 2. The van der Waals surface area contributed by atoms with E-state index in [0.29, 0.717) is 18.2 Å². The van der Waals surface area contributed by atoms with Crippen LogP contribution in [0.4, 0.5) is 5.69 Å². The maximum Gasteiger partial charge on any atom is 0.223 e. The zero-order valence-corrected chi connectivity index (χ0v) is 13.0. The smallest absolute Gasteiger partial charge is 0.223 e. The van der Waals surface area contributed by atoms with Crippen molar-refractivity contribution in [2.24, 2.45) is 5.92 Å². The van der Waals surface area contributed by atoms with Gasteiger partial charge in [-0.3, -0.25) is 4.79 Å². The molecule has 3 nitrogen and oxygen atoms in total. The summed E-state index contributed by atoms with van der Waals surface area (Å²) in [4.78, 5) is 14.4. The Hall–Kier alpha value is -1.51. The monoisotopic (exact) mass is 286 g/mol. The molecule has 3 heteroatoms. The molecule has 1 heterocycles. The number of benzene rings is 1. The van der Waals surface area contributed by atoms with Gasteiger partial charge in [0.1, 0.15) is 0 Å². The Morgan fingerprint density at radius 3 is 2.81 bits per heavy atom. The molecule has 114 valence electrons. The first kappa shape index (κ1) is 14.4. The van der Waals surface area contributed by atoms with E-state index in [1.807, 2.05) is 18.0 Å². The maximum absolute atomic E-state index is 12.5. The molecule has 0 bridgehead atoms. The lowest BCUT2D eigenvalue weighted by molar-refractivity contribution is -0.130. The van der Waals surface area contributed by atoms with Crippen molar-refractivity contribution in [2.75, 3.05) is 25.5 Å². The first-order valence-electron chi connectivity index (χ1n) is 8.31. The molecule has 21 heavy (non-hydrogen) atoms. The van der Waals surface area contributed by atoms with Crippen LogP contribution in [0.2, 0.25) is 0 Å². The SMILES string of the molecule is CN(CC1CCCCC1)C(=O)CC1CNc2ccccc21. The van der Waals surface area contributed by atoms with Crippen LogP contribution in [0.5, 0.6) is 0 Å². The van der Waals surface area contributed by atoms with Gasteiger partial charge in [-0.05, 0) is 30.4 Å². The molecule has 1 atom stereocenters. The first-order valence-corrected chi connectivity index (χ1v) is 8.31. The molecule has 0 aromatic heterocycles. The van der Waals surface area contributed by atoms with Crippen molar-refractivity contribution < 1.29 is 4.79 Å². The number of hydrogen-bond donors (Lipinski definition) is 1. The number of anilines is 1. The molecule has 1 aromatic carbocycles. The minimum atomic E-state index is 0.295. The topological polar surface area (TPSA) is 32.3 Å². The zero-order valence-electron chi connectivity index (χ0n) is 13.0. The third-order valence-corrected chi connectivity index (χ3v) is 5.04. The second-order valence-corrected chi connectivity index (χ2v) is 6.65. The number of carbonyl (C=O) groups is 1. The van der Waals surface area contributed by atoms with E-state index in [1.165, 1.54) is 43.4 Å². The second kappa shape index (κ2) is 6.50. The highest BCUT2D eigenvalue weighted by Crippen LogP contribution is 2.33. The lowest BCUT2D eigenvalue weighted by atomic mass is 9.89. The fourth-order valence-corrected chi connectivity index (χ4v) is 3.76. The fourth-order valence-electron chi connectivity index (χ4n) is 3.76.